The summed E-state index contributed by atoms with van der Waals surface area (Å²) in [5, 5.41) is 7.95. The molecular formula is C25H28N2O3. The van der Waals surface area contributed by atoms with E-state index in [0.29, 0.717) is 11.4 Å². The van der Waals surface area contributed by atoms with Crippen LogP contribution in [0.4, 0.5) is 5.69 Å². The Kier molecular flexibility index (Phi) is 6.72. The molecule has 0 saturated carbocycles. The number of carbonyl (C=O) groups is 2. The van der Waals surface area contributed by atoms with Crippen LogP contribution in [0.2, 0.25) is 0 Å². The number of hydrogen-bond donors (Lipinski definition) is 2. The predicted octanol–water partition coefficient (Wildman–Crippen LogP) is 4.48. The van der Waals surface area contributed by atoms with Crippen LogP contribution in [0.3, 0.4) is 0 Å². The Balaban J connectivity index is 1.74. The molecule has 5 heteroatoms. The van der Waals surface area contributed by atoms with Gasteiger partial charge in [0.2, 0.25) is 11.8 Å². The lowest BCUT2D eigenvalue weighted by Crippen LogP contribution is -2.47. The van der Waals surface area contributed by atoms with E-state index in [0.717, 1.165) is 21.9 Å². The zero-order valence-corrected chi connectivity index (χ0v) is 17.9. The first kappa shape index (κ1) is 21.4. The van der Waals surface area contributed by atoms with E-state index >= 15 is 0 Å². The fourth-order valence-corrected chi connectivity index (χ4v) is 3.51. The Morgan fingerprint density at radius 1 is 1.00 bits per heavy atom. The van der Waals surface area contributed by atoms with Gasteiger partial charge in [-0.15, -0.1) is 0 Å². The molecule has 3 aromatic rings. The lowest BCUT2D eigenvalue weighted by molar-refractivity contribution is -0.127. The average molecular weight is 405 g/mol. The van der Waals surface area contributed by atoms with Crippen LogP contribution in [0.15, 0.2) is 60.7 Å². The highest BCUT2D eigenvalue weighted by atomic mass is 16.5. The van der Waals surface area contributed by atoms with Gasteiger partial charge in [-0.25, -0.2) is 0 Å². The van der Waals surface area contributed by atoms with Crippen LogP contribution in [-0.2, 0) is 16.0 Å². The second-order valence-corrected chi connectivity index (χ2v) is 7.80. The van der Waals surface area contributed by atoms with Crippen LogP contribution < -0.4 is 15.4 Å². The molecule has 156 valence electrons. The molecule has 0 spiro atoms. The maximum absolute atomic E-state index is 13.0. The second-order valence-electron chi connectivity index (χ2n) is 7.80. The average Bonchev–Trinajstić information content (AvgIpc) is 2.72. The number of fused-ring (bicyclic) bond motifs is 1. The zero-order chi connectivity index (χ0) is 21.7. The number of benzene rings is 3. The third-order valence-corrected chi connectivity index (χ3v) is 5.11. The first-order chi connectivity index (χ1) is 14.4. The predicted molar refractivity (Wildman–Crippen MR) is 121 cm³/mol. The summed E-state index contributed by atoms with van der Waals surface area (Å²) >= 11 is 0. The maximum atomic E-state index is 13.0. The van der Waals surface area contributed by atoms with Gasteiger partial charge in [0, 0.05) is 0 Å². The maximum Gasteiger partial charge on any atom is 0.247 e. The summed E-state index contributed by atoms with van der Waals surface area (Å²) in [6.07, 6.45) is 0.214. The summed E-state index contributed by atoms with van der Waals surface area (Å²) in [7, 11) is 1.56. The number of amides is 2. The Hall–Kier alpha value is -3.34. The summed E-state index contributed by atoms with van der Waals surface area (Å²) < 4.78 is 5.34. The zero-order valence-electron chi connectivity index (χ0n) is 17.9. The molecule has 0 fully saturated rings. The second kappa shape index (κ2) is 9.44. The fraction of sp³-hybridized carbons (Fsp3) is 0.280. The number of methoxy groups -OCH3 is 1. The lowest BCUT2D eigenvalue weighted by Gasteiger charge is -2.22. The van der Waals surface area contributed by atoms with E-state index in [1.165, 1.54) is 0 Å². The van der Waals surface area contributed by atoms with Crippen LogP contribution >= 0.6 is 0 Å². The monoisotopic (exact) mass is 404 g/mol. The van der Waals surface area contributed by atoms with Gasteiger partial charge >= 0.3 is 0 Å². The molecule has 0 aliphatic heterocycles. The van der Waals surface area contributed by atoms with Gasteiger partial charge in [0.05, 0.1) is 19.2 Å². The minimum absolute atomic E-state index is 0.0720. The Bertz CT molecular complexity index is 1050. The van der Waals surface area contributed by atoms with Crippen molar-refractivity contribution in [2.24, 2.45) is 5.92 Å². The van der Waals surface area contributed by atoms with Gasteiger partial charge in [-0.2, -0.15) is 0 Å². The molecule has 0 aliphatic rings. The standard InChI is InChI=1S/C25H28N2O3/c1-16(2)24(25(29)26-21-14-17(3)12-13-22(21)30-4)27-23(28)15-19-10-7-9-18-8-5-6-11-20(18)19/h5-14,16,24H,15H2,1-4H3,(H,26,29)(H,27,28)/t24-/m0/s1. The van der Waals surface area contributed by atoms with Crippen LogP contribution in [0.5, 0.6) is 5.75 Å². The SMILES string of the molecule is COc1ccc(C)cc1NC(=O)[C@@H](NC(=O)Cc1cccc2ccccc12)C(C)C. The third-order valence-electron chi connectivity index (χ3n) is 5.11. The van der Waals surface area contributed by atoms with Gasteiger partial charge in [-0.05, 0) is 46.9 Å². The van der Waals surface area contributed by atoms with Crippen molar-refractivity contribution in [3.8, 4) is 5.75 Å². The molecule has 5 nitrogen and oxygen atoms in total. The van der Waals surface area contributed by atoms with E-state index in [1.54, 1.807) is 7.11 Å². The highest BCUT2D eigenvalue weighted by molar-refractivity contribution is 5.99. The van der Waals surface area contributed by atoms with Gasteiger partial charge in [0.15, 0.2) is 0 Å². The Morgan fingerprint density at radius 3 is 2.47 bits per heavy atom. The first-order valence-corrected chi connectivity index (χ1v) is 10.1. The molecule has 0 aromatic heterocycles. The van der Waals surface area contributed by atoms with Crippen molar-refractivity contribution in [1.29, 1.82) is 0 Å². The number of ether oxygens (including phenoxy) is 1. The van der Waals surface area contributed by atoms with E-state index in [4.69, 9.17) is 4.74 Å². The topological polar surface area (TPSA) is 67.4 Å². The van der Waals surface area contributed by atoms with Crippen LogP contribution in [-0.4, -0.2) is 25.0 Å². The van der Waals surface area contributed by atoms with E-state index in [1.807, 2.05) is 81.4 Å². The number of carbonyl (C=O) groups excluding carboxylic acids is 2. The molecular weight excluding hydrogens is 376 g/mol. The largest absolute Gasteiger partial charge is 0.495 e. The molecule has 1 atom stereocenters. The minimum atomic E-state index is -0.655. The highest BCUT2D eigenvalue weighted by Crippen LogP contribution is 2.26. The molecule has 2 N–H and O–H groups in total. The summed E-state index contributed by atoms with van der Waals surface area (Å²) in [6, 6.07) is 18.8. The van der Waals surface area contributed by atoms with E-state index in [9.17, 15) is 9.59 Å². The van der Waals surface area contributed by atoms with Crippen molar-refractivity contribution < 1.29 is 14.3 Å². The Morgan fingerprint density at radius 2 is 1.73 bits per heavy atom. The van der Waals surface area contributed by atoms with Gasteiger partial charge in [0.25, 0.3) is 0 Å². The van der Waals surface area contributed by atoms with E-state index in [2.05, 4.69) is 10.6 Å². The van der Waals surface area contributed by atoms with Crippen molar-refractivity contribution in [3.63, 3.8) is 0 Å². The molecule has 0 saturated heterocycles. The van der Waals surface area contributed by atoms with Crippen molar-refractivity contribution in [2.45, 2.75) is 33.2 Å². The number of anilines is 1. The number of rotatable bonds is 7. The van der Waals surface area contributed by atoms with E-state index < -0.39 is 6.04 Å². The van der Waals surface area contributed by atoms with Gasteiger partial charge < -0.3 is 15.4 Å². The minimum Gasteiger partial charge on any atom is -0.495 e. The smallest absolute Gasteiger partial charge is 0.247 e. The molecule has 3 aromatic carbocycles. The molecule has 0 bridgehead atoms. The lowest BCUT2D eigenvalue weighted by atomic mass is 10.00. The molecule has 30 heavy (non-hydrogen) atoms. The van der Waals surface area contributed by atoms with Crippen LogP contribution in [0.25, 0.3) is 10.8 Å². The van der Waals surface area contributed by atoms with E-state index in [-0.39, 0.29) is 24.2 Å². The number of nitrogens with one attached hydrogen (secondary N) is 2. The summed E-state index contributed by atoms with van der Waals surface area (Å²) in [4.78, 5) is 25.7. The quantitative estimate of drug-likeness (QED) is 0.610. The molecule has 2 amide bonds. The van der Waals surface area contributed by atoms with Crippen molar-refractivity contribution in [2.75, 3.05) is 12.4 Å². The molecule has 0 aliphatic carbocycles. The Labute approximate surface area is 177 Å². The summed E-state index contributed by atoms with van der Waals surface area (Å²) in [6.45, 7) is 5.77. The third kappa shape index (κ3) is 4.98. The summed E-state index contributed by atoms with van der Waals surface area (Å²) in [5.41, 5.74) is 2.54. The van der Waals surface area contributed by atoms with Gasteiger partial charge in [-0.1, -0.05) is 62.4 Å². The fourth-order valence-electron chi connectivity index (χ4n) is 3.51. The van der Waals surface area contributed by atoms with Gasteiger partial charge in [0.1, 0.15) is 11.8 Å². The molecule has 0 heterocycles. The van der Waals surface area contributed by atoms with Crippen LogP contribution in [0.1, 0.15) is 25.0 Å². The molecule has 0 unspecified atom stereocenters. The van der Waals surface area contributed by atoms with Crippen LogP contribution in [0, 0.1) is 12.8 Å². The molecule has 0 radical (unpaired) electrons. The normalized spacial score (nSPS) is 11.9. The molecule has 3 rings (SSSR count). The highest BCUT2D eigenvalue weighted by Gasteiger charge is 2.25. The van der Waals surface area contributed by atoms with Crippen molar-refractivity contribution in [3.05, 3.63) is 71.8 Å². The van der Waals surface area contributed by atoms with Crippen molar-refractivity contribution >= 4 is 28.3 Å². The number of hydrogen-bond acceptors (Lipinski definition) is 3. The van der Waals surface area contributed by atoms with Crippen molar-refractivity contribution in [1.82, 2.24) is 5.32 Å². The summed E-state index contributed by atoms with van der Waals surface area (Å²) in [5.74, 6) is 0.0624. The van der Waals surface area contributed by atoms with Gasteiger partial charge in [-0.3, -0.25) is 9.59 Å². The number of aryl methyl sites for hydroxylation is 1. The first-order valence-electron chi connectivity index (χ1n) is 10.1.